The van der Waals surface area contributed by atoms with Gasteiger partial charge in [0.1, 0.15) is 0 Å². The molecule has 3 heteroatoms. The van der Waals surface area contributed by atoms with Crippen LogP contribution in [-0.4, -0.2) is 9.78 Å². The van der Waals surface area contributed by atoms with E-state index in [1.54, 1.807) is 0 Å². The van der Waals surface area contributed by atoms with Gasteiger partial charge in [-0.1, -0.05) is 20.8 Å². The van der Waals surface area contributed by atoms with Gasteiger partial charge in [-0.05, 0) is 26.2 Å². The maximum Gasteiger partial charge on any atom is 0.0854 e. The van der Waals surface area contributed by atoms with E-state index in [-0.39, 0.29) is 0 Å². The molecule has 0 aliphatic heterocycles. The Labute approximate surface area is 86.3 Å². The lowest BCUT2D eigenvalue weighted by Crippen LogP contribution is -2.10. The molecular weight excluding hydrogens is 174 g/mol. The van der Waals surface area contributed by atoms with Crippen molar-refractivity contribution in [3.8, 4) is 0 Å². The third kappa shape index (κ3) is 1.76. The van der Waals surface area contributed by atoms with E-state index in [4.69, 9.17) is 5.73 Å². The quantitative estimate of drug-likeness (QED) is 0.802. The fourth-order valence-corrected chi connectivity index (χ4v) is 1.69. The lowest BCUT2D eigenvalue weighted by atomic mass is 10.2. The van der Waals surface area contributed by atoms with Crippen molar-refractivity contribution in [3.05, 3.63) is 11.4 Å². The molecule has 14 heavy (non-hydrogen) atoms. The first kappa shape index (κ1) is 11.1. The van der Waals surface area contributed by atoms with Crippen LogP contribution in [0, 0.1) is 0 Å². The van der Waals surface area contributed by atoms with Crippen molar-refractivity contribution in [1.82, 2.24) is 9.78 Å². The number of rotatable bonds is 4. The molecule has 1 unspecified atom stereocenters. The van der Waals surface area contributed by atoms with Gasteiger partial charge in [-0.25, -0.2) is 0 Å². The van der Waals surface area contributed by atoms with Crippen LogP contribution in [0.4, 0.5) is 5.69 Å². The van der Waals surface area contributed by atoms with Crippen LogP contribution < -0.4 is 5.73 Å². The van der Waals surface area contributed by atoms with Gasteiger partial charge in [-0.15, -0.1) is 0 Å². The van der Waals surface area contributed by atoms with E-state index in [1.165, 1.54) is 5.69 Å². The molecule has 0 radical (unpaired) electrons. The fraction of sp³-hybridized carbons (Fsp3) is 0.727. The Morgan fingerprint density at radius 3 is 2.36 bits per heavy atom. The van der Waals surface area contributed by atoms with E-state index < -0.39 is 0 Å². The van der Waals surface area contributed by atoms with Crippen LogP contribution in [0.25, 0.3) is 0 Å². The number of aryl methyl sites for hydroxylation is 1. The van der Waals surface area contributed by atoms with Crippen molar-refractivity contribution >= 4 is 5.69 Å². The van der Waals surface area contributed by atoms with Gasteiger partial charge < -0.3 is 5.73 Å². The largest absolute Gasteiger partial charge is 0.396 e. The van der Waals surface area contributed by atoms with Crippen LogP contribution >= 0.6 is 0 Å². The van der Waals surface area contributed by atoms with E-state index in [0.29, 0.717) is 6.04 Å². The lowest BCUT2D eigenvalue weighted by molar-refractivity contribution is 0.459. The molecule has 1 aromatic heterocycles. The highest BCUT2D eigenvalue weighted by atomic mass is 15.3. The van der Waals surface area contributed by atoms with Crippen LogP contribution in [0.1, 0.15) is 51.5 Å². The summed E-state index contributed by atoms with van der Waals surface area (Å²) in [7, 11) is 0. The van der Waals surface area contributed by atoms with E-state index >= 15 is 0 Å². The Morgan fingerprint density at radius 2 is 1.93 bits per heavy atom. The smallest absolute Gasteiger partial charge is 0.0854 e. The molecule has 0 bridgehead atoms. The standard InChI is InChI=1S/C11H21N3/c1-5-8(4)14-10(7-3)11(12)9(6-2)13-14/h8H,5-7,12H2,1-4H3. The molecule has 1 rings (SSSR count). The number of hydrogen-bond acceptors (Lipinski definition) is 2. The minimum Gasteiger partial charge on any atom is -0.396 e. The van der Waals surface area contributed by atoms with Crippen LogP contribution in [0.2, 0.25) is 0 Å². The third-order valence-electron chi connectivity index (χ3n) is 2.80. The van der Waals surface area contributed by atoms with Gasteiger partial charge >= 0.3 is 0 Å². The molecule has 0 spiro atoms. The molecule has 0 aliphatic rings. The van der Waals surface area contributed by atoms with Gasteiger partial charge in [0.05, 0.1) is 17.1 Å². The Hall–Kier alpha value is -0.990. The van der Waals surface area contributed by atoms with Crippen molar-refractivity contribution in [3.63, 3.8) is 0 Å². The summed E-state index contributed by atoms with van der Waals surface area (Å²) in [6, 6.07) is 0.451. The van der Waals surface area contributed by atoms with E-state index in [2.05, 4.69) is 37.5 Å². The van der Waals surface area contributed by atoms with Crippen molar-refractivity contribution < 1.29 is 0 Å². The van der Waals surface area contributed by atoms with Crippen LogP contribution in [0.3, 0.4) is 0 Å². The Balaban J connectivity index is 3.15. The maximum absolute atomic E-state index is 6.03. The minimum absolute atomic E-state index is 0.451. The van der Waals surface area contributed by atoms with Crippen molar-refractivity contribution in [2.45, 2.75) is 53.0 Å². The topological polar surface area (TPSA) is 43.8 Å². The normalized spacial score (nSPS) is 13.1. The van der Waals surface area contributed by atoms with E-state index in [1.807, 2.05) is 0 Å². The summed E-state index contributed by atoms with van der Waals surface area (Å²) in [5.74, 6) is 0. The average molecular weight is 195 g/mol. The molecule has 1 atom stereocenters. The molecule has 0 saturated heterocycles. The first-order valence-corrected chi connectivity index (χ1v) is 5.51. The highest BCUT2D eigenvalue weighted by Gasteiger charge is 2.15. The number of hydrogen-bond donors (Lipinski definition) is 1. The second kappa shape index (κ2) is 4.49. The molecule has 80 valence electrons. The Kier molecular flexibility index (Phi) is 3.55. The number of nitrogen functional groups attached to an aromatic ring is 1. The predicted octanol–water partition coefficient (Wildman–Crippen LogP) is 2.56. The van der Waals surface area contributed by atoms with Crippen LogP contribution in [-0.2, 0) is 12.8 Å². The van der Waals surface area contributed by atoms with Crippen molar-refractivity contribution in [2.24, 2.45) is 0 Å². The Morgan fingerprint density at radius 1 is 1.29 bits per heavy atom. The molecule has 0 aromatic carbocycles. The maximum atomic E-state index is 6.03. The zero-order chi connectivity index (χ0) is 10.7. The zero-order valence-corrected chi connectivity index (χ0v) is 9.67. The summed E-state index contributed by atoms with van der Waals surface area (Å²) in [5, 5.41) is 4.56. The fourth-order valence-electron chi connectivity index (χ4n) is 1.69. The molecule has 0 saturated carbocycles. The minimum atomic E-state index is 0.451. The van der Waals surface area contributed by atoms with Gasteiger partial charge in [0.15, 0.2) is 0 Å². The summed E-state index contributed by atoms with van der Waals surface area (Å²) >= 11 is 0. The SMILES string of the molecule is CCc1nn(C(C)CC)c(CC)c1N. The van der Waals surface area contributed by atoms with E-state index in [0.717, 1.165) is 30.6 Å². The second-order valence-electron chi connectivity index (χ2n) is 3.72. The van der Waals surface area contributed by atoms with Gasteiger partial charge in [-0.3, -0.25) is 4.68 Å². The lowest BCUT2D eigenvalue weighted by Gasteiger charge is -2.12. The highest BCUT2D eigenvalue weighted by molar-refractivity contribution is 5.48. The molecule has 1 heterocycles. The molecular formula is C11H21N3. The van der Waals surface area contributed by atoms with Crippen LogP contribution in [0.15, 0.2) is 0 Å². The Bertz CT molecular complexity index is 302. The molecule has 0 amide bonds. The molecule has 2 N–H and O–H groups in total. The predicted molar refractivity (Wildman–Crippen MR) is 60.4 cm³/mol. The first-order chi connectivity index (χ1) is 6.65. The summed E-state index contributed by atoms with van der Waals surface area (Å²) in [5.41, 5.74) is 9.17. The summed E-state index contributed by atoms with van der Waals surface area (Å²) in [4.78, 5) is 0. The average Bonchev–Trinajstić information content (AvgIpc) is 2.53. The molecule has 0 fully saturated rings. The number of aromatic nitrogens is 2. The molecule has 3 nitrogen and oxygen atoms in total. The van der Waals surface area contributed by atoms with Gasteiger partial charge in [-0.2, -0.15) is 5.10 Å². The monoisotopic (exact) mass is 195 g/mol. The summed E-state index contributed by atoms with van der Waals surface area (Å²) < 4.78 is 2.09. The number of nitrogens with two attached hydrogens (primary N) is 1. The first-order valence-electron chi connectivity index (χ1n) is 5.51. The van der Waals surface area contributed by atoms with Gasteiger partial charge in [0.2, 0.25) is 0 Å². The van der Waals surface area contributed by atoms with Gasteiger partial charge in [0.25, 0.3) is 0 Å². The number of anilines is 1. The van der Waals surface area contributed by atoms with Crippen molar-refractivity contribution in [2.75, 3.05) is 5.73 Å². The second-order valence-corrected chi connectivity index (χ2v) is 3.72. The molecule has 1 aromatic rings. The van der Waals surface area contributed by atoms with E-state index in [9.17, 15) is 0 Å². The molecule has 0 aliphatic carbocycles. The number of nitrogens with zero attached hydrogens (tertiary/aromatic N) is 2. The van der Waals surface area contributed by atoms with Crippen molar-refractivity contribution in [1.29, 1.82) is 0 Å². The van der Waals surface area contributed by atoms with Crippen LogP contribution in [0.5, 0.6) is 0 Å². The zero-order valence-electron chi connectivity index (χ0n) is 9.67. The third-order valence-corrected chi connectivity index (χ3v) is 2.80. The van der Waals surface area contributed by atoms with Gasteiger partial charge in [0, 0.05) is 6.04 Å². The highest BCUT2D eigenvalue weighted by Crippen LogP contribution is 2.23. The summed E-state index contributed by atoms with van der Waals surface area (Å²) in [6.07, 6.45) is 2.97. The summed E-state index contributed by atoms with van der Waals surface area (Å²) in [6.45, 7) is 8.59.